The zero-order chi connectivity index (χ0) is 21.5. The first kappa shape index (κ1) is 26.0. The molecule has 0 saturated carbocycles. The molecule has 1 unspecified atom stereocenters. The van der Waals surface area contributed by atoms with E-state index in [1.807, 2.05) is 6.92 Å². The zero-order valence-electron chi connectivity index (χ0n) is 18.0. The van der Waals surface area contributed by atoms with Crippen LogP contribution >= 0.6 is 27.2 Å². The molecule has 0 radical (unpaired) electrons. The maximum atomic E-state index is 10.7. The Morgan fingerprint density at radius 1 is 1.11 bits per heavy atom. The van der Waals surface area contributed by atoms with E-state index in [9.17, 15) is 5.11 Å². The van der Waals surface area contributed by atoms with Gasteiger partial charge in [-0.25, -0.2) is 0 Å². The van der Waals surface area contributed by atoms with Gasteiger partial charge in [0.25, 0.3) is 0 Å². The van der Waals surface area contributed by atoms with Crippen LogP contribution < -0.4 is 10.6 Å². The van der Waals surface area contributed by atoms with Gasteiger partial charge in [0.2, 0.25) is 0 Å². The molecule has 0 aliphatic carbocycles. The third kappa shape index (κ3) is 7.64. The normalized spacial score (nSPS) is 11.6. The number of aryl methyl sites for hydroxylation is 2. The van der Waals surface area contributed by atoms with Gasteiger partial charge in [-0.3, -0.25) is 0 Å². The Bertz CT molecular complexity index is 778. The maximum absolute atomic E-state index is 10.7. The summed E-state index contributed by atoms with van der Waals surface area (Å²) in [5, 5.41) is 13.1. The Morgan fingerprint density at radius 3 is 2.25 bits per heavy atom. The van der Waals surface area contributed by atoms with E-state index >= 15 is 0 Å². The summed E-state index contributed by atoms with van der Waals surface area (Å²) in [6.07, 6.45) is 0. The van der Waals surface area contributed by atoms with E-state index in [4.69, 9.17) is 18.6 Å². The first-order valence-electron chi connectivity index (χ1n) is 9.39. The van der Waals surface area contributed by atoms with Crippen molar-refractivity contribution in [3.8, 4) is 5.75 Å². The van der Waals surface area contributed by atoms with Crippen molar-refractivity contribution in [3.05, 3.63) is 52.6 Å². The molecule has 0 heterocycles. The average Bonchev–Trinajstić information content (AvgIpc) is 2.61. The molecule has 6 heteroatoms. The molecule has 2 aromatic carbocycles. The van der Waals surface area contributed by atoms with Crippen LogP contribution in [0.4, 0.5) is 0 Å². The van der Waals surface area contributed by atoms with Crippen LogP contribution in [0.5, 0.6) is 5.75 Å². The summed E-state index contributed by atoms with van der Waals surface area (Å²) in [6, 6.07) is 10.8. The van der Waals surface area contributed by atoms with Crippen molar-refractivity contribution in [2.45, 2.75) is 53.5 Å². The van der Waals surface area contributed by atoms with Gasteiger partial charge in [0.1, 0.15) is 5.75 Å². The molecule has 0 bridgehead atoms. The number of phenols is 1. The Labute approximate surface area is 189 Å². The molecule has 2 aromatic rings. The second-order valence-corrected chi connectivity index (χ2v) is 11.9. The van der Waals surface area contributed by atoms with Crippen LogP contribution in [0.25, 0.3) is 0 Å². The molecule has 154 valence electrons. The number of phenolic OH excluding ortho intramolecular Hbond substituents is 1. The minimum atomic E-state index is -0.556. The molecule has 2 nitrogen and oxygen atoms in total. The molecule has 0 aromatic heterocycles. The van der Waals surface area contributed by atoms with Crippen LogP contribution in [0.1, 0.15) is 49.9 Å². The van der Waals surface area contributed by atoms with Gasteiger partial charge in [-0.1, -0.05) is 60.5 Å². The van der Waals surface area contributed by atoms with Crippen LogP contribution in [-0.4, -0.2) is 23.6 Å². The predicted octanol–water partition coefficient (Wildman–Crippen LogP) is 5.76. The van der Waals surface area contributed by atoms with Crippen molar-refractivity contribution in [2.75, 3.05) is 13.6 Å². The molecule has 0 amide bonds. The molecule has 1 N–H and O–H groups in total. The summed E-state index contributed by atoms with van der Waals surface area (Å²) in [6.45, 7) is 15.0. The SMILES string of the molecule is CCN(C)Cc1cccc(C)c1Pc1cc(C(C)(C)C)cc(C)c1O.[Cl][Ti][Cl]. The number of benzene rings is 2. The van der Waals surface area contributed by atoms with E-state index in [0.717, 1.165) is 24.0 Å². The molecule has 0 aliphatic rings. The monoisotopic (exact) mass is 475 g/mol. The van der Waals surface area contributed by atoms with Gasteiger partial charge >= 0.3 is 35.6 Å². The fraction of sp³-hybridized carbons (Fsp3) is 0.455. The summed E-state index contributed by atoms with van der Waals surface area (Å²) in [5.41, 5.74) is 5.00. The third-order valence-electron chi connectivity index (χ3n) is 4.77. The van der Waals surface area contributed by atoms with Crippen molar-refractivity contribution in [1.82, 2.24) is 4.90 Å². The second kappa shape index (κ2) is 11.9. The number of aromatic hydroxyl groups is 1. The van der Waals surface area contributed by atoms with Crippen LogP contribution in [0.2, 0.25) is 0 Å². The van der Waals surface area contributed by atoms with Crippen molar-refractivity contribution in [3.63, 3.8) is 0 Å². The van der Waals surface area contributed by atoms with Gasteiger partial charge in [-0.2, -0.15) is 0 Å². The summed E-state index contributed by atoms with van der Waals surface area (Å²) >= 11 is -0.556. The number of nitrogens with zero attached hydrogens (tertiary/aromatic N) is 1. The molecule has 2 rings (SSSR count). The summed E-state index contributed by atoms with van der Waals surface area (Å²) in [4.78, 5) is 2.32. The number of halogens is 2. The van der Waals surface area contributed by atoms with Gasteiger partial charge < -0.3 is 10.0 Å². The fourth-order valence-electron chi connectivity index (χ4n) is 2.88. The second-order valence-electron chi connectivity index (χ2n) is 8.08. The van der Waals surface area contributed by atoms with Crippen molar-refractivity contribution >= 4 is 37.8 Å². The van der Waals surface area contributed by atoms with Crippen LogP contribution in [0.3, 0.4) is 0 Å². The third-order valence-corrected chi connectivity index (χ3v) is 6.38. The van der Waals surface area contributed by atoms with E-state index in [0.29, 0.717) is 14.3 Å². The zero-order valence-corrected chi connectivity index (χ0v) is 22.0. The predicted molar refractivity (Wildman–Crippen MR) is 124 cm³/mol. The molecule has 0 spiro atoms. The van der Waals surface area contributed by atoms with Crippen molar-refractivity contribution in [2.24, 2.45) is 0 Å². The summed E-state index contributed by atoms with van der Waals surface area (Å²) in [5.74, 6) is 0.449. The van der Waals surface area contributed by atoms with Crippen LogP contribution in [0.15, 0.2) is 30.3 Å². The van der Waals surface area contributed by atoms with E-state index < -0.39 is 17.0 Å². The molecule has 0 fully saturated rings. The first-order chi connectivity index (χ1) is 13.0. The van der Waals surface area contributed by atoms with Gasteiger partial charge in [0.15, 0.2) is 0 Å². The number of hydrogen-bond donors (Lipinski definition) is 1. The van der Waals surface area contributed by atoms with Gasteiger partial charge in [0, 0.05) is 11.8 Å². The Balaban J connectivity index is 0.00000122. The first-order valence-corrected chi connectivity index (χ1v) is 14.7. The molecular weight excluding hydrogens is 444 g/mol. The molecular formula is C22H32Cl2NOPTi. The van der Waals surface area contributed by atoms with Gasteiger partial charge in [-0.05, 0) is 66.5 Å². The van der Waals surface area contributed by atoms with E-state index in [-0.39, 0.29) is 5.41 Å². The van der Waals surface area contributed by atoms with E-state index in [2.05, 4.69) is 76.9 Å². The van der Waals surface area contributed by atoms with E-state index in [1.54, 1.807) is 0 Å². The Kier molecular flexibility index (Phi) is 11.1. The van der Waals surface area contributed by atoms with Gasteiger partial charge in [0.05, 0.1) is 0 Å². The topological polar surface area (TPSA) is 23.5 Å². The molecule has 28 heavy (non-hydrogen) atoms. The van der Waals surface area contributed by atoms with Crippen molar-refractivity contribution in [1.29, 1.82) is 0 Å². The number of hydrogen-bond acceptors (Lipinski definition) is 2. The van der Waals surface area contributed by atoms with Crippen LogP contribution in [0, 0.1) is 13.8 Å². The summed E-state index contributed by atoms with van der Waals surface area (Å²) < 4.78 is 0. The Morgan fingerprint density at radius 2 is 1.71 bits per heavy atom. The quantitative estimate of drug-likeness (QED) is 0.438. The molecule has 0 saturated heterocycles. The standard InChI is InChI=1S/C22H32NOP.2ClH.Ti/c1-8-23(7)14-17-11-9-10-15(2)21(17)25-19-13-18(22(4,5)6)12-16(3)20(19)24;;;/h9-13,24-25H,8,14H2,1-7H3;2*1H;/q;;;+2/p-2. The fourth-order valence-corrected chi connectivity index (χ4v) is 4.30. The van der Waals surface area contributed by atoms with Gasteiger partial charge in [-0.15, -0.1) is 0 Å². The Hall–Kier alpha value is -0.0757. The van der Waals surface area contributed by atoms with Crippen molar-refractivity contribution < 1.29 is 22.1 Å². The minimum absolute atomic E-state index is 0.0781. The van der Waals surface area contributed by atoms with Crippen LogP contribution in [-0.2, 0) is 29.0 Å². The number of rotatable bonds is 5. The van der Waals surface area contributed by atoms with E-state index in [1.165, 1.54) is 22.0 Å². The average molecular weight is 476 g/mol. The summed E-state index contributed by atoms with van der Waals surface area (Å²) in [7, 11) is 12.4. The molecule has 1 atom stereocenters. The molecule has 0 aliphatic heterocycles.